The minimum atomic E-state index is -0.676. The molecule has 0 aliphatic carbocycles. The number of aliphatic hydroxyl groups is 1. The van der Waals surface area contributed by atoms with Gasteiger partial charge in [0.15, 0.2) is 0 Å². The second-order valence-corrected chi connectivity index (χ2v) is 4.88. The van der Waals surface area contributed by atoms with Gasteiger partial charge in [-0.1, -0.05) is 37.3 Å². The lowest BCUT2D eigenvalue weighted by molar-refractivity contribution is 0.103. The van der Waals surface area contributed by atoms with E-state index in [-0.39, 0.29) is 19.0 Å². The van der Waals surface area contributed by atoms with Gasteiger partial charge in [-0.2, -0.15) is 0 Å². The van der Waals surface area contributed by atoms with Gasteiger partial charge in [-0.3, -0.25) is 0 Å². The van der Waals surface area contributed by atoms with Gasteiger partial charge >= 0.3 is 0 Å². The average Bonchev–Trinajstić information content (AvgIpc) is 2.54. The molecule has 0 fully saturated rings. The van der Waals surface area contributed by atoms with Gasteiger partial charge in [0.25, 0.3) is 0 Å². The molecule has 3 nitrogen and oxygen atoms in total. The van der Waals surface area contributed by atoms with E-state index >= 15 is 0 Å². The molecule has 0 aliphatic rings. The van der Waals surface area contributed by atoms with E-state index in [1.165, 1.54) is 12.1 Å². The lowest BCUT2D eigenvalue weighted by Crippen LogP contribution is -2.50. The SMILES string of the molecule is CCNC(CO)(COc1ccc(F)cc1)c1ccccc1. The number of nitrogens with one attached hydrogen (secondary N) is 1. The third-order valence-electron chi connectivity index (χ3n) is 3.41. The highest BCUT2D eigenvalue weighted by atomic mass is 19.1. The summed E-state index contributed by atoms with van der Waals surface area (Å²) in [5, 5.41) is 13.2. The molecule has 0 radical (unpaired) electrons. The zero-order valence-corrected chi connectivity index (χ0v) is 12.1. The van der Waals surface area contributed by atoms with Gasteiger partial charge in [-0.05, 0) is 36.4 Å². The van der Waals surface area contributed by atoms with Crippen LogP contribution in [0.2, 0.25) is 0 Å². The summed E-state index contributed by atoms with van der Waals surface area (Å²) in [7, 11) is 0. The first-order valence-electron chi connectivity index (χ1n) is 7.00. The molecule has 2 rings (SSSR count). The number of likely N-dealkylation sites (N-methyl/N-ethyl adjacent to an activating group) is 1. The summed E-state index contributed by atoms with van der Waals surface area (Å²) in [6, 6.07) is 15.5. The molecule has 0 saturated heterocycles. The molecule has 2 aromatic rings. The maximum absolute atomic E-state index is 12.9. The Labute approximate surface area is 124 Å². The van der Waals surface area contributed by atoms with Gasteiger partial charge in [0.2, 0.25) is 0 Å². The highest BCUT2D eigenvalue weighted by Crippen LogP contribution is 2.23. The van der Waals surface area contributed by atoms with Crippen LogP contribution in [0.15, 0.2) is 54.6 Å². The quantitative estimate of drug-likeness (QED) is 0.823. The molecule has 0 aliphatic heterocycles. The monoisotopic (exact) mass is 289 g/mol. The minimum Gasteiger partial charge on any atom is -0.491 e. The van der Waals surface area contributed by atoms with Crippen molar-refractivity contribution in [3.63, 3.8) is 0 Å². The molecule has 4 heteroatoms. The molecular formula is C17H20FNO2. The van der Waals surface area contributed by atoms with Crippen LogP contribution in [0.3, 0.4) is 0 Å². The Kier molecular flexibility index (Phi) is 5.31. The summed E-state index contributed by atoms with van der Waals surface area (Å²) in [4.78, 5) is 0. The third-order valence-corrected chi connectivity index (χ3v) is 3.41. The molecule has 0 bridgehead atoms. The van der Waals surface area contributed by atoms with Crippen LogP contribution in [0, 0.1) is 5.82 Å². The molecule has 112 valence electrons. The van der Waals surface area contributed by atoms with E-state index in [4.69, 9.17) is 4.74 Å². The number of ether oxygens (including phenoxy) is 1. The van der Waals surface area contributed by atoms with Crippen LogP contribution < -0.4 is 10.1 Å². The first kappa shape index (κ1) is 15.5. The Morgan fingerprint density at radius 1 is 1.10 bits per heavy atom. The van der Waals surface area contributed by atoms with E-state index in [2.05, 4.69) is 5.32 Å². The average molecular weight is 289 g/mol. The number of hydrogen-bond donors (Lipinski definition) is 2. The fourth-order valence-corrected chi connectivity index (χ4v) is 2.26. The Balaban J connectivity index is 2.18. The summed E-state index contributed by atoms with van der Waals surface area (Å²) >= 11 is 0. The standard InChI is InChI=1S/C17H20FNO2/c1-2-19-17(12-20,14-6-4-3-5-7-14)13-21-16-10-8-15(18)9-11-16/h3-11,19-20H,2,12-13H2,1H3. The number of benzene rings is 2. The predicted molar refractivity (Wildman–Crippen MR) is 80.8 cm³/mol. The highest BCUT2D eigenvalue weighted by Gasteiger charge is 2.31. The first-order valence-corrected chi connectivity index (χ1v) is 7.00. The number of halogens is 1. The van der Waals surface area contributed by atoms with Crippen molar-refractivity contribution in [2.24, 2.45) is 0 Å². The van der Waals surface area contributed by atoms with Crippen molar-refractivity contribution in [1.29, 1.82) is 0 Å². The molecule has 2 N–H and O–H groups in total. The van der Waals surface area contributed by atoms with E-state index in [1.54, 1.807) is 12.1 Å². The van der Waals surface area contributed by atoms with Gasteiger partial charge in [0, 0.05) is 0 Å². The van der Waals surface area contributed by atoms with Gasteiger partial charge in [-0.15, -0.1) is 0 Å². The van der Waals surface area contributed by atoms with Crippen molar-refractivity contribution in [2.45, 2.75) is 12.5 Å². The van der Waals surface area contributed by atoms with Crippen molar-refractivity contribution in [1.82, 2.24) is 5.32 Å². The molecule has 1 unspecified atom stereocenters. The van der Waals surface area contributed by atoms with Gasteiger partial charge in [-0.25, -0.2) is 4.39 Å². The number of hydrogen-bond acceptors (Lipinski definition) is 3. The first-order chi connectivity index (χ1) is 10.2. The molecule has 0 saturated carbocycles. The van der Waals surface area contributed by atoms with Crippen molar-refractivity contribution < 1.29 is 14.2 Å². The zero-order chi connectivity index (χ0) is 15.1. The molecule has 0 spiro atoms. The number of aliphatic hydroxyl groups excluding tert-OH is 1. The largest absolute Gasteiger partial charge is 0.491 e. The van der Waals surface area contributed by atoms with E-state index in [0.717, 1.165) is 5.56 Å². The summed E-state index contributed by atoms with van der Waals surface area (Å²) in [5.41, 5.74) is 0.279. The Bertz CT molecular complexity index is 544. The Morgan fingerprint density at radius 3 is 2.33 bits per heavy atom. The van der Waals surface area contributed by atoms with Crippen LogP contribution in [-0.4, -0.2) is 24.9 Å². The van der Waals surface area contributed by atoms with Crippen LogP contribution in [0.5, 0.6) is 5.75 Å². The van der Waals surface area contributed by atoms with Crippen LogP contribution in [-0.2, 0) is 5.54 Å². The topological polar surface area (TPSA) is 41.5 Å². The van der Waals surface area contributed by atoms with E-state index < -0.39 is 5.54 Å². The van der Waals surface area contributed by atoms with Crippen LogP contribution in [0.1, 0.15) is 12.5 Å². The molecule has 0 amide bonds. The maximum atomic E-state index is 12.9. The lowest BCUT2D eigenvalue weighted by Gasteiger charge is -2.33. The second kappa shape index (κ2) is 7.20. The molecular weight excluding hydrogens is 269 g/mol. The van der Waals surface area contributed by atoms with E-state index in [0.29, 0.717) is 12.3 Å². The van der Waals surface area contributed by atoms with Crippen molar-refractivity contribution >= 4 is 0 Å². The number of rotatable bonds is 7. The molecule has 0 heterocycles. The Hall–Kier alpha value is -1.91. The van der Waals surface area contributed by atoms with Crippen LogP contribution >= 0.6 is 0 Å². The summed E-state index contributed by atoms with van der Waals surface area (Å²) in [5.74, 6) is 0.272. The predicted octanol–water partition coefficient (Wildman–Crippen LogP) is 2.70. The van der Waals surface area contributed by atoms with Crippen molar-refractivity contribution in [2.75, 3.05) is 19.8 Å². The molecule has 21 heavy (non-hydrogen) atoms. The van der Waals surface area contributed by atoms with E-state index in [1.807, 2.05) is 37.3 Å². The van der Waals surface area contributed by atoms with Gasteiger partial charge in [0.1, 0.15) is 23.7 Å². The molecule has 1 atom stereocenters. The van der Waals surface area contributed by atoms with Crippen LogP contribution in [0.25, 0.3) is 0 Å². The van der Waals surface area contributed by atoms with Crippen LogP contribution in [0.4, 0.5) is 4.39 Å². The maximum Gasteiger partial charge on any atom is 0.123 e. The minimum absolute atomic E-state index is 0.0912. The second-order valence-electron chi connectivity index (χ2n) is 4.88. The summed E-state index contributed by atoms with van der Waals surface area (Å²) in [6.45, 7) is 2.84. The van der Waals surface area contributed by atoms with Crippen molar-refractivity contribution in [3.05, 3.63) is 66.0 Å². The highest BCUT2D eigenvalue weighted by molar-refractivity contribution is 5.27. The van der Waals surface area contributed by atoms with Gasteiger partial charge < -0.3 is 15.2 Å². The summed E-state index contributed by atoms with van der Waals surface area (Å²) in [6.07, 6.45) is 0. The molecule has 2 aromatic carbocycles. The third kappa shape index (κ3) is 3.80. The van der Waals surface area contributed by atoms with Gasteiger partial charge in [0.05, 0.1) is 6.61 Å². The van der Waals surface area contributed by atoms with Crippen molar-refractivity contribution in [3.8, 4) is 5.75 Å². The fourth-order valence-electron chi connectivity index (χ4n) is 2.26. The fraction of sp³-hybridized carbons (Fsp3) is 0.294. The summed E-state index contributed by atoms with van der Waals surface area (Å²) < 4.78 is 18.6. The molecule has 0 aromatic heterocycles. The zero-order valence-electron chi connectivity index (χ0n) is 12.1. The lowest BCUT2D eigenvalue weighted by atomic mass is 9.91. The Morgan fingerprint density at radius 2 is 1.76 bits per heavy atom. The smallest absolute Gasteiger partial charge is 0.123 e. The van der Waals surface area contributed by atoms with E-state index in [9.17, 15) is 9.50 Å². The normalized spacial score (nSPS) is 13.7.